The molecule has 0 atom stereocenters. The van der Waals surface area contributed by atoms with E-state index in [1.165, 1.54) is 11.1 Å². The summed E-state index contributed by atoms with van der Waals surface area (Å²) in [6, 6.07) is 8.95. The smallest absolute Gasteiger partial charge is 0.0609 e. The summed E-state index contributed by atoms with van der Waals surface area (Å²) in [7, 11) is 2.07. The first-order chi connectivity index (χ1) is 8.85. The Hall–Kier alpha value is -0.860. The van der Waals surface area contributed by atoms with Gasteiger partial charge in [-0.2, -0.15) is 0 Å². The van der Waals surface area contributed by atoms with Gasteiger partial charge in [0.15, 0.2) is 0 Å². The summed E-state index contributed by atoms with van der Waals surface area (Å²) < 4.78 is 0. The van der Waals surface area contributed by atoms with Crippen molar-refractivity contribution in [2.24, 2.45) is 5.92 Å². The predicted octanol–water partition coefficient (Wildman–Crippen LogP) is 3.13. The maximum Gasteiger partial charge on any atom is 0.0609 e. The zero-order valence-corrected chi connectivity index (χ0v) is 13.1. The van der Waals surface area contributed by atoms with Crippen molar-refractivity contribution in [1.82, 2.24) is 4.90 Å². The summed E-state index contributed by atoms with van der Waals surface area (Å²) in [5.74, 6) is 0.710. The van der Waals surface area contributed by atoms with Crippen LogP contribution in [0, 0.1) is 5.92 Å². The van der Waals surface area contributed by atoms with E-state index in [1.807, 2.05) is 0 Å². The molecular formula is C17H29NO. The molecule has 19 heavy (non-hydrogen) atoms. The fraction of sp³-hybridized carbons (Fsp3) is 0.647. The molecule has 108 valence electrons. The van der Waals surface area contributed by atoms with Gasteiger partial charge >= 0.3 is 0 Å². The SMILES string of the molecule is CC(C)Cc1ccc(CCN(C)C(C)(C)CO)cc1. The Bertz CT molecular complexity index is 367. The van der Waals surface area contributed by atoms with Gasteiger partial charge in [-0.1, -0.05) is 38.1 Å². The summed E-state index contributed by atoms with van der Waals surface area (Å²) in [6.45, 7) is 9.80. The van der Waals surface area contributed by atoms with E-state index in [0.717, 1.165) is 19.4 Å². The molecule has 1 N–H and O–H groups in total. The third-order valence-corrected chi connectivity index (χ3v) is 3.82. The highest BCUT2D eigenvalue weighted by Gasteiger charge is 2.21. The van der Waals surface area contributed by atoms with E-state index in [4.69, 9.17) is 0 Å². The summed E-state index contributed by atoms with van der Waals surface area (Å²) in [6.07, 6.45) is 2.18. The molecule has 0 radical (unpaired) electrons. The van der Waals surface area contributed by atoms with E-state index in [-0.39, 0.29) is 12.1 Å². The minimum atomic E-state index is -0.141. The molecule has 2 heteroatoms. The van der Waals surface area contributed by atoms with E-state index < -0.39 is 0 Å². The van der Waals surface area contributed by atoms with Crippen LogP contribution in [0.15, 0.2) is 24.3 Å². The van der Waals surface area contributed by atoms with Crippen LogP contribution in [0.1, 0.15) is 38.8 Å². The van der Waals surface area contributed by atoms with Crippen molar-refractivity contribution in [3.63, 3.8) is 0 Å². The van der Waals surface area contributed by atoms with Gasteiger partial charge in [0.2, 0.25) is 0 Å². The lowest BCUT2D eigenvalue weighted by Gasteiger charge is -2.33. The maximum absolute atomic E-state index is 9.34. The normalized spacial score (nSPS) is 12.4. The Morgan fingerprint density at radius 3 is 2.11 bits per heavy atom. The fourth-order valence-electron chi connectivity index (χ4n) is 2.03. The highest BCUT2D eigenvalue weighted by Crippen LogP contribution is 2.14. The highest BCUT2D eigenvalue weighted by atomic mass is 16.3. The van der Waals surface area contributed by atoms with Crippen molar-refractivity contribution in [2.75, 3.05) is 20.2 Å². The number of hydrogen-bond donors (Lipinski definition) is 1. The summed E-state index contributed by atoms with van der Waals surface area (Å²) in [5.41, 5.74) is 2.65. The van der Waals surface area contributed by atoms with Gasteiger partial charge in [0.05, 0.1) is 6.61 Å². The second-order valence-corrected chi connectivity index (χ2v) is 6.56. The van der Waals surface area contributed by atoms with E-state index in [9.17, 15) is 5.11 Å². The van der Waals surface area contributed by atoms with Gasteiger partial charge in [-0.05, 0) is 50.8 Å². The van der Waals surface area contributed by atoms with E-state index in [0.29, 0.717) is 5.92 Å². The molecule has 1 aromatic rings. The van der Waals surface area contributed by atoms with E-state index in [2.05, 4.69) is 63.9 Å². The third-order valence-electron chi connectivity index (χ3n) is 3.82. The highest BCUT2D eigenvalue weighted by molar-refractivity contribution is 5.23. The first-order valence-corrected chi connectivity index (χ1v) is 7.25. The van der Waals surface area contributed by atoms with Gasteiger partial charge in [0, 0.05) is 12.1 Å². The number of aliphatic hydroxyl groups excluding tert-OH is 1. The Morgan fingerprint density at radius 2 is 1.63 bits per heavy atom. The first-order valence-electron chi connectivity index (χ1n) is 7.25. The summed E-state index contributed by atoms with van der Waals surface area (Å²) in [5, 5.41) is 9.34. The maximum atomic E-state index is 9.34. The summed E-state index contributed by atoms with van der Waals surface area (Å²) in [4.78, 5) is 2.22. The Morgan fingerprint density at radius 1 is 1.11 bits per heavy atom. The lowest BCUT2D eigenvalue weighted by molar-refractivity contribution is 0.0801. The van der Waals surface area contributed by atoms with Gasteiger partial charge in [-0.25, -0.2) is 0 Å². The number of benzene rings is 1. The molecule has 0 aromatic heterocycles. The topological polar surface area (TPSA) is 23.5 Å². The molecule has 0 saturated carbocycles. The van der Waals surface area contributed by atoms with E-state index >= 15 is 0 Å². The molecule has 2 nitrogen and oxygen atoms in total. The van der Waals surface area contributed by atoms with Gasteiger partial charge in [-0.15, -0.1) is 0 Å². The number of hydrogen-bond acceptors (Lipinski definition) is 2. The quantitative estimate of drug-likeness (QED) is 0.817. The first kappa shape index (κ1) is 16.2. The zero-order valence-electron chi connectivity index (χ0n) is 13.1. The lowest BCUT2D eigenvalue weighted by atomic mass is 10.00. The van der Waals surface area contributed by atoms with Crippen LogP contribution in [-0.4, -0.2) is 35.7 Å². The van der Waals surface area contributed by atoms with Crippen LogP contribution in [0.4, 0.5) is 0 Å². The monoisotopic (exact) mass is 263 g/mol. The Kier molecular flexibility index (Phi) is 6.02. The van der Waals surface area contributed by atoms with Crippen LogP contribution in [0.2, 0.25) is 0 Å². The van der Waals surface area contributed by atoms with Gasteiger partial charge in [-0.3, -0.25) is 4.90 Å². The van der Waals surface area contributed by atoms with Crippen LogP contribution >= 0.6 is 0 Å². The molecule has 0 aliphatic rings. The Balaban J connectivity index is 2.50. The number of likely N-dealkylation sites (N-methyl/N-ethyl adjacent to an activating group) is 1. The largest absolute Gasteiger partial charge is 0.394 e. The molecule has 1 rings (SSSR count). The Labute approximate surface area is 118 Å². The predicted molar refractivity (Wildman–Crippen MR) is 82.5 cm³/mol. The van der Waals surface area contributed by atoms with Crippen molar-refractivity contribution in [3.05, 3.63) is 35.4 Å². The molecule has 0 heterocycles. The average Bonchev–Trinajstić information content (AvgIpc) is 2.36. The van der Waals surface area contributed by atoms with Crippen molar-refractivity contribution >= 4 is 0 Å². The van der Waals surface area contributed by atoms with Gasteiger partial charge in [0.1, 0.15) is 0 Å². The van der Waals surface area contributed by atoms with Crippen molar-refractivity contribution in [2.45, 2.75) is 46.1 Å². The van der Waals surface area contributed by atoms with Crippen LogP contribution in [-0.2, 0) is 12.8 Å². The summed E-state index contributed by atoms with van der Waals surface area (Å²) >= 11 is 0. The zero-order chi connectivity index (χ0) is 14.5. The van der Waals surface area contributed by atoms with Crippen LogP contribution < -0.4 is 0 Å². The molecule has 0 saturated heterocycles. The van der Waals surface area contributed by atoms with Crippen LogP contribution in [0.5, 0.6) is 0 Å². The molecule has 0 spiro atoms. The average molecular weight is 263 g/mol. The molecule has 0 bridgehead atoms. The fourth-order valence-corrected chi connectivity index (χ4v) is 2.03. The van der Waals surface area contributed by atoms with Gasteiger partial charge in [0.25, 0.3) is 0 Å². The molecule has 0 amide bonds. The number of aliphatic hydroxyl groups is 1. The molecule has 0 unspecified atom stereocenters. The molecule has 1 aromatic carbocycles. The third kappa shape index (κ3) is 5.33. The number of nitrogens with zero attached hydrogens (tertiary/aromatic N) is 1. The molecule has 0 aliphatic heterocycles. The molecule has 0 fully saturated rings. The van der Waals surface area contributed by atoms with Crippen molar-refractivity contribution < 1.29 is 5.11 Å². The van der Waals surface area contributed by atoms with Crippen LogP contribution in [0.25, 0.3) is 0 Å². The standard InChI is InChI=1S/C17H29NO/c1-14(2)12-16-8-6-15(7-9-16)10-11-18(5)17(3,4)13-19/h6-9,14,19H,10-13H2,1-5H3. The van der Waals surface area contributed by atoms with Crippen molar-refractivity contribution in [3.8, 4) is 0 Å². The lowest BCUT2D eigenvalue weighted by Crippen LogP contribution is -2.45. The van der Waals surface area contributed by atoms with Gasteiger partial charge < -0.3 is 5.11 Å². The molecular weight excluding hydrogens is 234 g/mol. The van der Waals surface area contributed by atoms with Crippen LogP contribution in [0.3, 0.4) is 0 Å². The minimum absolute atomic E-state index is 0.141. The molecule has 0 aliphatic carbocycles. The second kappa shape index (κ2) is 7.06. The second-order valence-electron chi connectivity index (χ2n) is 6.56. The minimum Gasteiger partial charge on any atom is -0.394 e. The van der Waals surface area contributed by atoms with Crippen molar-refractivity contribution in [1.29, 1.82) is 0 Å². The number of rotatable bonds is 7. The van der Waals surface area contributed by atoms with E-state index in [1.54, 1.807) is 0 Å².